The molecular formula is C11H8F6O7S2. The van der Waals surface area contributed by atoms with Crippen LogP contribution in [0.25, 0.3) is 6.08 Å². The smallest absolute Gasteiger partial charge is 0.321 e. The third-order valence-corrected chi connectivity index (χ3v) is 4.74. The molecule has 1 N–H and O–H groups in total. The number of hydrogen-bond acceptors (Lipinski definition) is 6. The SMILES string of the molecule is C=Cc1ccc(OOS(=O)(=O)C(F)(F)C(F)(F)C(F)(F)S(=O)(=O)O)cc1. The largest absolute Gasteiger partial charge is 0.442 e. The predicted molar refractivity (Wildman–Crippen MR) is 73.6 cm³/mol. The number of alkyl halides is 6. The van der Waals surface area contributed by atoms with Crippen LogP contribution in [-0.4, -0.2) is 37.8 Å². The first-order valence-electron chi connectivity index (χ1n) is 5.95. The summed E-state index contributed by atoms with van der Waals surface area (Å²) in [5.41, 5.74) is 0.449. The Labute approximate surface area is 142 Å². The molecule has 1 aromatic rings. The van der Waals surface area contributed by atoms with E-state index < -0.39 is 42.4 Å². The number of halogens is 6. The van der Waals surface area contributed by atoms with Crippen LogP contribution >= 0.6 is 0 Å². The molecule has 0 saturated heterocycles. The molecule has 148 valence electrons. The Kier molecular flexibility index (Phi) is 5.73. The molecule has 0 atom stereocenters. The van der Waals surface area contributed by atoms with Gasteiger partial charge in [-0.1, -0.05) is 24.8 Å². The van der Waals surface area contributed by atoms with E-state index in [1.54, 1.807) is 0 Å². The summed E-state index contributed by atoms with van der Waals surface area (Å²) in [5, 5.41) is -13.7. The van der Waals surface area contributed by atoms with Crippen molar-refractivity contribution in [1.82, 2.24) is 0 Å². The first kappa shape index (κ1) is 22.2. The highest BCUT2D eigenvalue weighted by Crippen LogP contribution is 2.50. The molecule has 0 aliphatic rings. The molecule has 7 nitrogen and oxygen atoms in total. The molecule has 26 heavy (non-hydrogen) atoms. The molecule has 0 spiro atoms. The zero-order chi connectivity index (χ0) is 20.6. The van der Waals surface area contributed by atoms with Gasteiger partial charge in [-0.25, -0.2) is 0 Å². The molecule has 0 fully saturated rings. The third kappa shape index (κ3) is 3.65. The molecule has 1 aromatic carbocycles. The van der Waals surface area contributed by atoms with Crippen molar-refractivity contribution in [2.45, 2.75) is 16.4 Å². The van der Waals surface area contributed by atoms with E-state index >= 15 is 0 Å². The van der Waals surface area contributed by atoms with E-state index in [2.05, 4.69) is 15.8 Å². The first-order valence-corrected chi connectivity index (χ1v) is 8.80. The highest BCUT2D eigenvalue weighted by Gasteiger charge is 2.83. The van der Waals surface area contributed by atoms with E-state index in [0.29, 0.717) is 5.56 Å². The number of hydrogen-bond donors (Lipinski definition) is 1. The number of rotatable bonds is 8. The normalized spacial score (nSPS) is 14.1. The van der Waals surface area contributed by atoms with Crippen molar-refractivity contribution >= 4 is 26.3 Å². The van der Waals surface area contributed by atoms with Crippen molar-refractivity contribution in [1.29, 1.82) is 0 Å². The van der Waals surface area contributed by atoms with Gasteiger partial charge >= 0.3 is 36.7 Å². The van der Waals surface area contributed by atoms with E-state index in [-0.39, 0.29) is 0 Å². The van der Waals surface area contributed by atoms with Crippen molar-refractivity contribution in [2.24, 2.45) is 0 Å². The summed E-state index contributed by atoms with van der Waals surface area (Å²) in [4.78, 5) is 3.86. The lowest BCUT2D eigenvalue weighted by Crippen LogP contribution is -2.60. The molecule has 0 aliphatic carbocycles. The van der Waals surface area contributed by atoms with Crippen molar-refractivity contribution in [3.8, 4) is 5.75 Å². The molecule has 15 heteroatoms. The van der Waals surface area contributed by atoms with E-state index in [4.69, 9.17) is 4.55 Å². The molecule has 1 rings (SSSR count). The molecule has 0 saturated carbocycles. The van der Waals surface area contributed by atoms with Crippen LogP contribution in [0.15, 0.2) is 30.8 Å². The second-order valence-corrected chi connectivity index (χ2v) is 7.48. The second kappa shape index (κ2) is 6.71. The Balaban J connectivity index is 3.17. The van der Waals surface area contributed by atoms with Crippen molar-refractivity contribution in [3.05, 3.63) is 36.4 Å². The highest BCUT2D eigenvalue weighted by atomic mass is 32.2. The van der Waals surface area contributed by atoms with Gasteiger partial charge < -0.3 is 4.89 Å². The van der Waals surface area contributed by atoms with Gasteiger partial charge in [-0.2, -0.15) is 43.2 Å². The Bertz CT molecular complexity index is 878. The monoisotopic (exact) mass is 430 g/mol. The summed E-state index contributed by atoms with van der Waals surface area (Å²) in [5.74, 6) is -7.72. The summed E-state index contributed by atoms with van der Waals surface area (Å²) in [7, 11) is -14.1. The van der Waals surface area contributed by atoms with E-state index in [1.165, 1.54) is 18.2 Å². The van der Waals surface area contributed by atoms with Crippen molar-refractivity contribution in [2.75, 3.05) is 0 Å². The van der Waals surface area contributed by atoms with Crippen LogP contribution in [0.4, 0.5) is 26.3 Å². The van der Waals surface area contributed by atoms with Crippen LogP contribution in [0.5, 0.6) is 5.75 Å². The minimum absolute atomic E-state index is 0.449. The van der Waals surface area contributed by atoms with Gasteiger partial charge in [0.25, 0.3) is 0 Å². The summed E-state index contributed by atoms with van der Waals surface area (Å²) >= 11 is 0. The maximum Gasteiger partial charge on any atom is 0.442 e. The average Bonchev–Trinajstić information content (AvgIpc) is 2.51. The molecule has 0 unspecified atom stereocenters. The summed E-state index contributed by atoms with van der Waals surface area (Å²) in [6.07, 6.45) is 1.31. The first-order chi connectivity index (χ1) is 11.5. The third-order valence-electron chi connectivity index (χ3n) is 2.70. The van der Waals surface area contributed by atoms with Gasteiger partial charge in [0.05, 0.1) is 0 Å². The quantitative estimate of drug-likeness (QED) is 0.292. The van der Waals surface area contributed by atoms with E-state index in [9.17, 15) is 43.2 Å². The Hall–Kier alpha value is -1.84. The van der Waals surface area contributed by atoms with Crippen LogP contribution in [-0.2, 0) is 24.6 Å². The van der Waals surface area contributed by atoms with Crippen LogP contribution in [0.3, 0.4) is 0 Å². The van der Waals surface area contributed by atoms with Crippen LogP contribution < -0.4 is 4.89 Å². The van der Waals surface area contributed by atoms with Gasteiger partial charge in [0, 0.05) is 0 Å². The van der Waals surface area contributed by atoms with E-state index in [0.717, 1.165) is 12.1 Å². The average molecular weight is 430 g/mol. The van der Waals surface area contributed by atoms with Crippen LogP contribution in [0.1, 0.15) is 5.56 Å². The predicted octanol–water partition coefficient (Wildman–Crippen LogP) is 2.68. The standard InChI is InChI=1S/C11H8F6O7S2/c1-2-7-3-5-8(6-4-7)23-24-26(21,22)11(16,17)9(12,13)10(14,15)25(18,19)20/h2-6H,1H2,(H,18,19,20). The fraction of sp³-hybridized carbons (Fsp3) is 0.273. The number of benzene rings is 1. The fourth-order valence-corrected chi connectivity index (χ4v) is 2.49. The fourth-order valence-electron chi connectivity index (χ4n) is 1.27. The highest BCUT2D eigenvalue weighted by molar-refractivity contribution is 7.88. The summed E-state index contributed by atoms with van der Waals surface area (Å²) < 4.78 is 133. The Morgan fingerprint density at radius 1 is 0.923 bits per heavy atom. The lowest BCUT2D eigenvalue weighted by Gasteiger charge is -2.29. The van der Waals surface area contributed by atoms with Crippen molar-refractivity contribution < 1.29 is 57.0 Å². The zero-order valence-electron chi connectivity index (χ0n) is 12.1. The molecular weight excluding hydrogens is 422 g/mol. The lowest BCUT2D eigenvalue weighted by molar-refractivity contribution is -0.253. The Morgan fingerprint density at radius 3 is 1.77 bits per heavy atom. The van der Waals surface area contributed by atoms with Gasteiger partial charge in [0.1, 0.15) is 0 Å². The van der Waals surface area contributed by atoms with Crippen molar-refractivity contribution in [3.63, 3.8) is 0 Å². The van der Waals surface area contributed by atoms with Crippen LogP contribution in [0.2, 0.25) is 0 Å². The maximum absolute atomic E-state index is 13.4. The van der Waals surface area contributed by atoms with Gasteiger partial charge in [-0.15, -0.1) is 0 Å². The van der Waals surface area contributed by atoms with Gasteiger partial charge in [0.2, 0.25) is 0 Å². The molecule has 0 amide bonds. The maximum atomic E-state index is 13.4. The second-order valence-electron chi connectivity index (χ2n) is 4.46. The molecule has 0 heterocycles. The van der Waals surface area contributed by atoms with Gasteiger partial charge in [-0.05, 0) is 22.0 Å². The summed E-state index contributed by atoms with van der Waals surface area (Å²) in [6.45, 7) is 3.36. The van der Waals surface area contributed by atoms with Gasteiger partial charge in [0.15, 0.2) is 5.75 Å². The minimum atomic E-state index is -7.11. The molecule has 0 aliphatic heterocycles. The van der Waals surface area contributed by atoms with Gasteiger partial charge in [-0.3, -0.25) is 4.55 Å². The zero-order valence-corrected chi connectivity index (χ0v) is 13.7. The van der Waals surface area contributed by atoms with E-state index in [1.807, 2.05) is 0 Å². The minimum Gasteiger partial charge on any atom is -0.321 e. The molecule has 0 aromatic heterocycles. The topological polar surface area (TPSA) is 107 Å². The molecule has 0 bridgehead atoms. The summed E-state index contributed by atoms with van der Waals surface area (Å²) in [6, 6.07) is 4.26. The Morgan fingerprint density at radius 2 is 1.38 bits per heavy atom. The lowest BCUT2D eigenvalue weighted by atomic mass is 10.2. The molecule has 0 radical (unpaired) electrons. The van der Waals surface area contributed by atoms with Crippen LogP contribution in [0, 0.1) is 0 Å².